The lowest BCUT2D eigenvalue weighted by atomic mass is 9.98. The molecule has 1 aliphatic rings. The average Bonchev–Trinajstić information content (AvgIpc) is 3.13. The fraction of sp³-hybridized carbons (Fsp3) is 0.444. The van der Waals surface area contributed by atoms with E-state index >= 15 is 0 Å². The molecule has 0 fully saturated rings. The molecular formula is C27H34N2O5. The number of hydrogen-bond donors (Lipinski definition) is 3. The summed E-state index contributed by atoms with van der Waals surface area (Å²) < 4.78 is 5.59. The first-order valence-electron chi connectivity index (χ1n) is 11.9. The van der Waals surface area contributed by atoms with Gasteiger partial charge in [0.05, 0.1) is 0 Å². The van der Waals surface area contributed by atoms with Gasteiger partial charge in [0.15, 0.2) is 0 Å². The summed E-state index contributed by atoms with van der Waals surface area (Å²) in [7, 11) is 0. The summed E-state index contributed by atoms with van der Waals surface area (Å²) in [6, 6.07) is 15.2. The van der Waals surface area contributed by atoms with Crippen LogP contribution in [0, 0.1) is 5.92 Å². The number of nitrogens with one attached hydrogen (secondary N) is 2. The maximum absolute atomic E-state index is 12.5. The molecule has 2 aromatic carbocycles. The molecule has 0 bridgehead atoms. The minimum atomic E-state index is -1.04. The van der Waals surface area contributed by atoms with Crippen molar-refractivity contribution < 1.29 is 24.2 Å². The number of carboxylic acids is 1. The number of hydrogen-bond acceptors (Lipinski definition) is 4. The SMILES string of the molecule is CCC(CCC(=O)NC(CC(C)C)C(=O)O)NC(=O)OCC1c2ccccc2-c2ccccc21. The van der Waals surface area contributed by atoms with E-state index in [-0.39, 0.29) is 36.8 Å². The number of amides is 2. The molecule has 0 aromatic heterocycles. The highest BCUT2D eigenvalue weighted by Gasteiger charge is 2.29. The second-order valence-corrected chi connectivity index (χ2v) is 9.20. The number of alkyl carbamates (subject to hydrolysis) is 1. The van der Waals surface area contributed by atoms with E-state index in [0.29, 0.717) is 19.3 Å². The number of carboxylic acid groups (broad SMARTS) is 1. The summed E-state index contributed by atoms with van der Waals surface area (Å²) in [5.74, 6) is -1.23. The van der Waals surface area contributed by atoms with Crippen molar-refractivity contribution in [3.63, 3.8) is 0 Å². The maximum Gasteiger partial charge on any atom is 0.407 e. The predicted octanol–water partition coefficient (Wildman–Crippen LogP) is 4.70. The lowest BCUT2D eigenvalue weighted by Crippen LogP contribution is -2.42. The van der Waals surface area contributed by atoms with Crippen molar-refractivity contribution in [1.82, 2.24) is 10.6 Å². The zero-order valence-electron chi connectivity index (χ0n) is 20.0. The number of ether oxygens (including phenoxy) is 1. The smallest absolute Gasteiger partial charge is 0.407 e. The first-order chi connectivity index (χ1) is 16.3. The average molecular weight is 467 g/mol. The first-order valence-corrected chi connectivity index (χ1v) is 11.9. The zero-order valence-corrected chi connectivity index (χ0v) is 20.0. The van der Waals surface area contributed by atoms with E-state index in [9.17, 15) is 19.5 Å². The van der Waals surface area contributed by atoms with E-state index in [0.717, 1.165) is 11.1 Å². The number of carbonyl (C=O) groups excluding carboxylic acids is 2. The van der Waals surface area contributed by atoms with Gasteiger partial charge in [-0.05, 0) is 47.4 Å². The number of fused-ring (bicyclic) bond motifs is 3. The molecule has 34 heavy (non-hydrogen) atoms. The number of benzene rings is 2. The molecule has 3 rings (SSSR count). The van der Waals surface area contributed by atoms with E-state index in [1.165, 1.54) is 11.1 Å². The van der Waals surface area contributed by atoms with Crippen molar-refractivity contribution in [2.24, 2.45) is 5.92 Å². The van der Waals surface area contributed by atoms with Crippen LogP contribution in [0.5, 0.6) is 0 Å². The molecule has 1 aliphatic carbocycles. The van der Waals surface area contributed by atoms with Gasteiger partial charge in [-0.15, -0.1) is 0 Å². The lowest BCUT2D eigenvalue weighted by Gasteiger charge is -2.20. The van der Waals surface area contributed by atoms with Gasteiger partial charge < -0.3 is 20.5 Å². The highest BCUT2D eigenvalue weighted by atomic mass is 16.5. The van der Waals surface area contributed by atoms with E-state index in [4.69, 9.17) is 4.74 Å². The van der Waals surface area contributed by atoms with E-state index in [2.05, 4.69) is 34.9 Å². The Bertz CT molecular complexity index is 974. The van der Waals surface area contributed by atoms with Crippen LogP contribution in [-0.2, 0) is 14.3 Å². The van der Waals surface area contributed by atoms with Crippen molar-refractivity contribution in [1.29, 1.82) is 0 Å². The Kier molecular flexibility index (Phi) is 8.68. The van der Waals surface area contributed by atoms with E-state index in [1.54, 1.807) is 0 Å². The minimum Gasteiger partial charge on any atom is -0.480 e. The topological polar surface area (TPSA) is 105 Å². The third-order valence-electron chi connectivity index (χ3n) is 6.22. The third-order valence-corrected chi connectivity index (χ3v) is 6.22. The lowest BCUT2D eigenvalue weighted by molar-refractivity contribution is -0.142. The molecule has 0 spiro atoms. The summed E-state index contributed by atoms with van der Waals surface area (Å²) >= 11 is 0. The maximum atomic E-state index is 12.5. The third kappa shape index (κ3) is 6.37. The molecule has 0 aliphatic heterocycles. The fourth-order valence-corrected chi connectivity index (χ4v) is 4.45. The molecule has 2 amide bonds. The highest BCUT2D eigenvalue weighted by molar-refractivity contribution is 5.83. The van der Waals surface area contributed by atoms with Crippen LogP contribution in [-0.4, -0.2) is 41.8 Å². The highest BCUT2D eigenvalue weighted by Crippen LogP contribution is 2.44. The molecule has 2 aromatic rings. The normalized spacial score (nSPS) is 14.1. The summed E-state index contributed by atoms with van der Waals surface area (Å²) in [6.07, 6.45) is 1.02. The number of rotatable bonds is 11. The van der Waals surface area contributed by atoms with Gasteiger partial charge in [-0.25, -0.2) is 9.59 Å². The van der Waals surface area contributed by atoms with E-state index in [1.807, 2.05) is 45.0 Å². The van der Waals surface area contributed by atoms with Crippen LogP contribution < -0.4 is 10.6 Å². The number of carbonyl (C=O) groups is 3. The quantitative estimate of drug-likeness (QED) is 0.445. The van der Waals surface area contributed by atoms with Crippen LogP contribution in [0.2, 0.25) is 0 Å². The summed E-state index contributed by atoms with van der Waals surface area (Å²) in [6.45, 7) is 5.97. The van der Waals surface area contributed by atoms with Gasteiger partial charge >= 0.3 is 12.1 Å². The minimum absolute atomic E-state index is 0.0158. The van der Waals surface area contributed by atoms with Crippen molar-refractivity contribution in [2.75, 3.05) is 6.61 Å². The number of aliphatic carboxylic acids is 1. The Morgan fingerprint density at radius 2 is 1.56 bits per heavy atom. The van der Waals surface area contributed by atoms with Crippen molar-refractivity contribution in [3.8, 4) is 11.1 Å². The summed E-state index contributed by atoms with van der Waals surface area (Å²) in [5, 5.41) is 14.7. The van der Waals surface area contributed by atoms with E-state index < -0.39 is 18.1 Å². The molecule has 0 heterocycles. The Morgan fingerprint density at radius 3 is 2.09 bits per heavy atom. The zero-order chi connectivity index (χ0) is 24.7. The second kappa shape index (κ2) is 11.7. The van der Waals surface area contributed by atoms with Gasteiger partial charge in [-0.2, -0.15) is 0 Å². The van der Waals surface area contributed by atoms with Crippen molar-refractivity contribution in [2.45, 2.75) is 64.5 Å². The summed E-state index contributed by atoms with van der Waals surface area (Å²) in [4.78, 5) is 36.1. The summed E-state index contributed by atoms with van der Waals surface area (Å²) in [5.41, 5.74) is 4.63. The molecular weight excluding hydrogens is 432 g/mol. The largest absolute Gasteiger partial charge is 0.480 e. The van der Waals surface area contributed by atoms with Crippen LogP contribution in [0.3, 0.4) is 0 Å². The Hall–Kier alpha value is -3.35. The van der Waals surface area contributed by atoms with Crippen LogP contribution in [0.1, 0.15) is 63.5 Å². The molecule has 3 N–H and O–H groups in total. The van der Waals surface area contributed by atoms with Crippen LogP contribution in [0.25, 0.3) is 11.1 Å². The first kappa shape index (κ1) is 25.3. The molecule has 0 saturated carbocycles. The van der Waals surface area contributed by atoms with Gasteiger partial charge in [0.25, 0.3) is 0 Å². The van der Waals surface area contributed by atoms with Crippen LogP contribution in [0.4, 0.5) is 4.79 Å². The fourth-order valence-electron chi connectivity index (χ4n) is 4.45. The van der Waals surface area contributed by atoms with Crippen molar-refractivity contribution in [3.05, 3.63) is 59.7 Å². The standard InChI is InChI=1S/C27H34N2O5/c1-4-18(13-14-25(30)29-24(26(31)32)15-17(2)3)28-27(33)34-16-23-21-11-7-5-9-19(21)20-10-6-8-12-22(20)23/h5-12,17-18,23-24H,4,13-16H2,1-3H3,(H,28,33)(H,29,30)(H,31,32). The van der Waals surface area contributed by atoms with Crippen LogP contribution in [0.15, 0.2) is 48.5 Å². The Morgan fingerprint density at radius 1 is 0.971 bits per heavy atom. The second-order valence-electron chi connectivity index (χ2n) is 9.20. The van der Waals surface area contributed by atoms with Gasteiger partial charge in [-0.3, -0.25) is 4.79 Å². The molecule has 7 heteroatoms. The van der Waals surface area contributed by atoms with Crippen LogP contribution >= 0.6 is 0 Å². The monoisotopic (exact) mass is 466 g/mol. The van der Waals surface area contributed by atoms with Crippen molar-refractivity contribution >= 4 is 18.0 Å². The molecule has 0 radical (unpaired) electrons. The molecule has 182 valence electrons. The molecule has 2 atom stereocenters. The molecule has 2 unspecified atom stereocenters. The van der Waals surface area contributed by atoms with Gasteiger partial charge in [0, 0.05) is 18.4 Å². The molecule has 7 nitrogen and oxygen atoms in total. The Labute approximate surface area is 200 Å². The predicted molar refractivity (Wildman–Crippen MR) is 131 cm³/mol. The molecule has 0 saturated heterocycles. The van der Waals surface area contributed by atoms with Gasteiger partial charge in [0.2, 0.25) is 5.91 Å². The Balaban J connectivity index is 1.50. The van der Waals surface area contributed by atoms with Gasteiger partial charge in [-0.1, -0.05) is 69.3 Å². The van der Waals surface area contributed by atoms with Gasteiger partial charge in [0.1, 0.15) is 12.6 Å².